The van der Waals surface area contributed by atoms with Crippen LogP contribution in [0.5, 0.6) is 0 Å². The quantitative estimate of drug-likeness (QED) is 0.615. The Kier molecular flexibility index (Phi) is 2.78. The van der Waals surface area contributed by atoms with Crippen LogP contribution in [0.3, 0.4) is 0 Å². The monoisotopic (exact) mass is 205 g/mol. The van der Waals surface area contributed by atoms with Crippen molar-refractivity contribution >= 4 is 5.97 Å². The average Bonchev–Trinajstić information content (AvgIpc) is 2.57. The summed E-state index contributed by atoms with van der Waals surface area (Å²) in [6, 6.07) is 0. The molecule has 1 atom stereocenters. The van der Waals surface area contributed by atoms with Crippen LogP contribution < -0.4 is 0 Å². The van der Waals surface area contributed by atoms with Gasteiger partial charge in [-0.1, -0.05) is 13.8 Å². The van der Waals surface area contributed by atoms with Gasteiger partial charge in [-0.25, -0.2) is 0 Å². The van der Waals surface area contributed by atoms with E-state index in [9.17, 15) is 4.79 Å². The summed E-state index contributed by atoms with van der Waals surface area (Å²) in [7, 11) is 0. The first-order valence-electron chi connectivity index (χ1n) is 5.42. The second-order valence-electron chi connectivity index (χ2n) is 4.98. The van der Waals surface area contributed by atoms with E-state index < -0.39 is 0 Å². The minimum absolute atomic E-state index is 0.0486. The molecule has 0 aromatic rings. The molecule has 2 saturated carbocycles. The Hall–Kier alpha value is -0.530. The van der Waals surface area contributed by atoms with E-state index in [4.69, 9.17) is 4.74 Å². The summed E-state index contributed by atoms with van der Waals surface area (Å²) in [5.74, 6) is 2.34. The molecule has 2 fully saturated rings. The van der Waals surface area contributed by atoms with Crippen molar-refractivity contribution in [2.24, 2.45) is 5.41 Å². The highest BCUT2D eigenvalue weighted by molar-refractivity contribution is 5.67. The number of hydrogen-bond acceptors (Lipinski definition) is 2. The molecule has 2 rings (SSSR count). The van der Waals surface area contributed by atoms with Crippen LogP contribution in [0.1, 0.15) is 33.6 Å². The van der Waals surface area contributed by atoms with E-state index in [1.165, 1.54) is 18.8 Å². The predicted molar refractivity (Wildman–Crippen MR) is 58.0 cm³/mol. The van der Waals surface area contributed by atoms with Crippen LogP contribution in [0.15, 0.2) is 0 Å². The molecule has 2 nitrogen and oxygen atoms in total. The molecule has 5 radical (unpaired) electrons. The van der Waals surface area contributed by atoms with Crippen molar-refractivity contribution in [1.29, 1.82) is 0 Å². The van der Waals surface area contributed by atoms with Crippen molar-refractivity contribution in [2.45, 2.75) is 39.7 Å². The Morgan fingerprint density at radius 3 is 2.87 bits per heavy atom. The first kappa shape index (κ1) is 11.0. The van der Waals surface area contributed by atoms with Gasteiger partial charge in [0.15, 0.2) is 0 Å². The van der Waals surface area contributed by atoms with Gasteiger partial charge < -0.3 is 4.74 Å². The maximum absolute atomic E-state index is 11.1. The Morgan fingerprint density at radius 2 is 2.20 bits per heavy atom. The summed E-state index contributed by atoms with van der Waals surface area (Å²) in [5, 5.41) is 0. The van der Waals surface area contributed by atoms with Crippen LogP contribution in [0.4, 0.5) is 0 Å². The van der Waals surface area contributed by atoms with Crippen LogP contribution in [-0.2, 0) is 9.53 Å². The molecule has 2 heteroatoms. The van der Waals surface area contributed by atoms with E-state index in [2.05, 4.69) is 26.7 Å². The zero-order chi connectivity index (χ0) is 11.1. The number of esters is 1. The first-order chi connectivity index (χ1) is 7.00. The number of rotatable bonds is 1. The number of fused-ring (bicyclic) bond motifs is 1. The van der Waals surface area contributed by atoms with Gasteiger partial charge in [-0.3, -0.25) is 4.79 Å². The molecule has 15 heavy (non-hydrogen) atoms. The lowest BCUT2D eigenvalue weighted by Crippen LogP contribution is -2.43. The smallest absolute Gasteiger partial charge is 0.302 e. The van der Waals surface area contributed by atoms with Crippen LogP contribution in [0.2, 0.25) is 0 Å². The third-order valence-electron chi connectivity index (χ3n) is 3.26. The number of ether oxygens (including phenoxy) is 1. The molecule has 2 aliphatic rings. The lowest BCUT2D eigenvalue weighted by atomic mass is 9.66. The van der Waals surface area contributed by atoms with E-state index in [1.807, 2.05) is 6.42 Å². The molecule has 0 aromatic carbocycles. The van der Waals surface area contributed by atoms with Crippen molar-refractivity contribution in [3.63, 3.8) is 0 Å². The minimum Gasteiger partial charge on any atom is -0.461 e. The molecule has 0 bridgehead atoms. The van der Waals surface area contributed by atoms with Crippen molar-refractivity contribution in [3.8, 4) is 0 Å². The molecule has 0 N–H and O–H groups in total. The van der Waals surface area contributed by atoms with E-state index >= 15 is 0 Å². The molecule has 1 unspecified atom stereocenters. The van der Waals surface area contributed by atoms with Crippen molar-refractivity contribution in [2.75, 3.05) is 0 Å². The zero-order valence-corrected chi connectivity index (χ0v) is 9.54. The second-order valence-corrected chi connectivity index (χ2v) is 4.98. The van der Waals surface area contributed by atoms with Crippen LogP contribution >= 0.6 is 0 Å². The van der Waals surface area contributed by atoms with Crippen LogP contribution in [-0.4, -0.2) is 12.1 Å². The molecule has 2 aliphatic carbocycles. The van der Waals surface area contributed by atoms with E-state index in [0.717, 1.165) is 12.8 Å². The highest BCUT2D eigenvalue weighted by Gasteiger charge is 2.48. The van der Waals surface area contributed by atoms with E-state index in [-0.39, 0.29) is 17.5 Å². The van der Waals surface area contributed by atoms with Crippen LogP contribution in [0.25, 0.3) is 0 Å². The van der Waals surface area contributed by atoms with Gasteiger partial charge in [0.05, 0.1) is 0 Å². The first-order valence-corrected chi connectivity index (χ1v) is 5.42. The Balaban J connectivity index is 2.15. The van der Waals surface area contributed by atoms with E-state index in [1.54, 1.807) is 0 Å². The van der Waals surface area contributed by atoms with Gasteiger partial charge in [-0.15, -0.1) is 0 Å². The van der Waals surface area contributed by atoms with Crippen molar-refractivity contribution in [3.05, 3.63) is 31.1 Å². The van der Waals surface area contributed by atoms with Gasteiger partial charge in [0.25, 0.3) is 0 Å². The van der Waals surface area contributed by atoms with Crippen molar-refractivity contribution < 1.29 is 9.53 Å². The van der Waals surface area contributed by atoms with Crippen molar-refractivity contribution in [1.82, 2.24) is 0 Å². The fourth-order valence-electron chi connectivity index (χ4n) is 2.35. The molecule has 0 aromatic heterocycles. The van der Waals surface area contributed by atoms with Gasteiger partial charge in [-0.05, 0) is 38.0 Å². The zero-order valence-electron chi connectivity index (χ0n) is 9.54. The normalized spacial score (nSPS) is 31.3. The highest BCUT2D eigenvalue weighted by Crippen LogP contribution is 2.51. The second kappa shape index (κ2) is 3.80. The van der Waals surface area contributed by atoms with Gasteiger partial charge in [0, 0.05) is 18.3 Å². The van der Waals surface area contributed by atoms with Crippen LogP contribution in [0, 0.1) is 36.5 Å². The summed E-state index contributed by atoms with van der Waals surface area (Å²) in [5.41, 5.74) is 0.0486. The molecule has 81 valence electrons. The molecular formula is C13H17O2. The Labute approximate surface area is 92.4 Å². The molecule has 0 saturated heterocycles. The summed E-state index contributed by atoms with van der Waals surface area (Å²) in [4.78, 5) is 11.1. The lowest BCUT2D eigenvalue weighted by Gasteiger charge is -2.43. The maximum atomic E-state index is 11.1. The van der Waals surface area contributed by atoms with E-state index in [0.29, 0.717) is 0 Å². The highest BCUT2D eigenvalue weighted by atomic mass is 16.5. The number of carbonyl (C=O) groups excluding carboxylic acids is 1. The average molecular weight is 205 g/mol. The topological polar surface area (TPSA) is 26.3 Å². The largest absolute Gasteiger partial charge is 0.461 e. The Bertz CT molecular complexity index is 257. The van der Waals surface area contributed by atoms with Gasteiger partial charge in [0.2, 0.25) is 0 Å². The third kappa shape index (κ3) is 2.04. The van der Waals surface area contributed by atoms with Gasteiger partial charge >= 0.3 is 5.97 Å². The lowest BCUT2D eigenvalue weighted by molar-refractivity contribution is -0.152. The molecule has 0 heterocycles. The fourth-order valence-corrected chi connectivity index (χ4v) is 2.35. The molecule has 0 amide bonds. The number of carbonyl (C=O) groups is 1. The predicted octanol–water partition coefficient (Wildman–Crippen LogP) is 2.51. The minimum atomic E-state index is -0.192. The van der Waals surface area contributed by atoms with Gasteiger partial charge in [0.1, 0.15) is 6.10 Å². The molecule has 0 spiro atoms. The summed E-state index contributed by atoms with van der Waals surface area (Å²) in [6.07, 6.45) is 8.33. The standard InChI is InChI=1S/C13H17O2/c1-9(14)15-12-11-6-4-5-10(11)7-8-13(12,2)3/h4-6,12H,7-8H2,1-3H3. The third-order valence-corrected chi connectivity index (χ3v) is 3.26. The molecular weight excluding hydrogens is 188 g/mol. The summed E-state index contributed by atoms with van der Waals surface area (Å²) >= 11 is 0. The van der Waals surface area contributed by atoms with Gasteiger partial charge in [-0.2, -0.15) is 0 Å². The number of hydrogen-bond donors (Lipinski definition) is 0. The fraction of sp³-hybridized carbons (Fsp3) is 0.538. The summed E-state index contributed by atoms with van der Waals surface area (Å²) in [6.45, 7) is 5.81. The maximum Gasteiger partial charge on any atom is 0.302 e. The summed E-state index contributed by atoms with van der Waals surface area (Å²) < 4.78 is 5.45. The molecule has 0 aliphatic heterocycles. The SMILES string of the molecule is CC(=O)OC1[C]2[CH][CH][CH][C]2CCC1(C)C. The Morgan fingerprint density at radius 1 is 1.47 bits per heavy atom.